The Hall–Kier alpha value is -1.16. The molecule has 1 rings (SSSR count). The van der Waals surface area contributed by atoms with Crippen LogP contribution >= 0.6 is 0 Å². The van der Waals surface area contributed by atoms with Gasteiger partial charge >= 0.3 is 6.18 Å². The Morgan fingerprint density at radius 1 is 1.35 bits per heavy atom. The highest BCUT2D eigenvalue weighted by Gasteiger charge is 2.40. The van der Waals surface area contributed by atoms with Crippen LogP contribution in [0.25, 0.3) is 0 Å². The monoisotopic (exact) mass is 272 g/mol. The van der Waals surface area contributed by atoms with Gasteiger partial charge in [-0.3, -0.25) is 4.57 Å². The van der Waals surface area contributed by atoms with Crippen molar-refractivity contribution in [1.29, 1.82) is 0 Å². The van der Waals surface area contributed by atoms with Crippen LogP contribution in [0.1, 0.15) is 19.7 Å². The molecule has 0 radical (unpaired) electrons. The van der Waals surface area contributed by atoms with E-state index < -0.39 is 27.2 Å². The van der Waals surface area contributed by atoms with Gasteiger partial charge in [0.25, 0.3) is 15.2 Å². The van der Waals surface area contributed by atoms with Crippen molar-refractivity contribution in [2.75, 3.05) is 0 Å². The van der Waals surface area contributed by atoms with E-state index in [9.17, 15) is 21.6 Å². The summed E-state index contributed by atoms with van der Waals surface area (Å²) in [5.41, 5.74) is 0. The van der Waals surface area contributed by atoms with E-state index in [1.54, 1.807) is 13.8 Å². The molecular weight excluding hydrogens is 261 g/mol. The van der Waals surface area contributed by atoms with E-state index in [2.05, 4.69) is 10.2 Å². The molecule has 98 valence electrons. The number of alkyl halides is 3. The van der Waals surface area contributed by atoms with Crippen molar-refractivity contribution in [2.24, 2.45) is 11.1 Å². The lowest BCUT2D eigenvalue weighted by Gasteiger charge is -2.12. The molecule has 0 aliphatic carbocycles. The minimum Gasteiger partial charge on any atom is -0.293 e. The molecule has 0 atom stereocenters. The number of hydrogen-bond acceptors (Lipinski definition) is 4. The van der Waals surface area contributed by atoms with Gasteiger partial charge in [0.15, 0.2) is 0 Å². The molecule has 2 N–H and O–H groups in total. The molecule has 0 aliphatic rings. The van der Waals surface area contributed by atoms with Crippen molar-refractivity contribution < 1.29 is 21.6 Å². The van der Waals surface area contributed by atoms with Gasteiger partial charge in [-0.2, -0.15) is 13.2 Å². The lowest BCUT2D eigenvalue weighted by Crippen LogP contribution is -2.23. The molecule has 0 fully saturated rings. The van der Waals surface area contributed by atoms with Crippen LogP contribution in [-0.2, 0) is 22.7 Å². The highest BCUT2D eigenvalue weighted by atomic mass is 32.2. The third-order valence-corrected chi connectivity index (χ3v) is 2.58. The van der Waals surface area contributed by atoms with Crippen LogP contribution in [0.4, 0.5) is 13.2 Å². The number of primary sulfonamides is 1. The van der Waals surface area contributed by atoms with Crippen LogP contribution in [0.15, 0.2) is 5.16 Å². The first-order valence-electron chi connectivity index (χ1n) is 4.56. The zero-order valence-corrected chi connectivity index (χ0v) is 9.88. The van der Waals surface area contributed by atoms with Gasteiger partial charge in [0.05, 0.1) is 0 Å². The molecule has 1 heterocycles. The van der Waals surface area contributed by atoms with Gasteiger partial charge in [0.1, 0.15) is 0 Å². The smallest absolute Gasteiger partial charge is 0.293 e. The second-order valence-corrected chi connectivity index (χ2v) is 5.31. The maximum Gasteiger partial charge on any atom is 0.451 e. The standard InChI is InChI=1S/C7H11F3N4O2S/c1-4(2)3-14-5(7(8,9)10)12-13-6(14)17(11,15)16/h4H,3H2,1-2H3,(H2,11,15,16). The zero-order chi connectivity index (χ0) is 13.4. The van der Waals surface area contributed by atoms with Crippen molar-refractivity contribution >= 4 is 10.0 Å². The van der Waals surface area contributed by atoms with Crippen LogP contribution in [0.5, 0.6) is 0 Å². The highest BCUT2D eigenvalue weighted by Crippen LogP contribution is 2.29. The Bertz CT molecular complexity index is 506. The molecule has 0 aliphatic heterocycles. The fraction of sp³-hybridized carbons (Fsp3) is 0.714. The molecule has 17 heavy (non-hydrogen) atoms. The molecule has 0 bridgehead atoms. The van der Waals surface area contributed by atoms with Crippen molar-refractivity contribution in [3.63, 3.8) is 0 Å². The lowest BCUT2D eigenvalue weighted by atomic mass is 10.2. The predicted octanol–water partition coefficient (Wildman–Crippen LogP) is 0.600. The first kappa shape index (κ1) is 13.9. The number of halogens is 3. The largest absolute Gasteiger partial charge is 0.451 e. The topological polar surface area (TPSA) is 90.9 Å². The molecule has 0 saturated heterocycles. The number of sulfonamides is 1. The van der Waals surface area contributed by atoms with E-state index in [0.29, 0.717) is 4.57 Å². The Morgan fingerprint density at radius 2 is 1.88 bits per heavy atom. The average Bonchev–Trinajstić information content (AvgIpc) is 2.43. The summed E-state index contributed by atoms with van der Waals surface area (Å²) < 4.78 is 60.2. The molecule has 0 amide bonds. The van der Waals surface area contributed by atoms with E-state index in [1.807, 2.05) is 0 Å². The van der Waals surface area contributed by atoms with Crippen molar-refractivity contribution in [3.8, 4) is 0 Å². The second kappa shape index (κ2) is 4.26. The molecular formula is C7H11F3N4O2S. The van der Waals surface area contributed by atoms with Crippen LogP contribution in [0.3, 0.4) is 0 Å². The third-order valence-electron chi connectivity index (χ3n) is 1.77. The van der Waals surface area contributed by atoms with Gasteiger partial charge in [0.2, 0.25) is 5.82 Å². The van der Waals surface area contributed by atoms with Crippen LogP contribution in [0.2, 0.25) is 0 Å². The number of nitrogens with two attached hydrogens (primary N) is 1. The molecule has 1 aromatic rings. The normalized spacial score (nSPS) is 13.4. The molecule has 0 aromatic carbocycles. The van der Waals surface area contributed by atoms with Crippen molar-refractivity contribution in [3.05, 3.63) is 5.82 Å². The molecule has 0 saturated carbocycles. The summed E-state index contributed by atoms with van der Waals surface area (Å²) in [6.07, 6.45) is -4.77. The third kappa shape index (κ3) is 3.16. The van der Waals surface area contributed by atoms with Gasteiger partial charge < -0.3 is 0 Å². The predicted molar refractivity (Wildman–Crippen MR) is 51.2 cm³/mol. The minimum absolute atomic E-state index is 0.187. The van der Waals surface area contributed by atoms with E-state index in [4.69, 9.17) is 5.14 Å². The van der Waals surface area contributed by atoms with E-state index >= 15 is 0 Å². The Morgan fingerprint density at radius 3 is 2.24 bits per heavy atom. The number of aromatic nitrogens is 3. The van der Waals surface area contributed by atoms with Crippen molar-refractivity contribution in [2.45, 2.75) is 31.7 Å². The van der Waals surface area contributed by atoms with E-state index in [0.717, 1.165) is 0 Å². The van der Waals surface area contributed by atoms with Gasteiger partial charge in [-0.25, -0.2) is 13.6 Å². The van der Waals surface area contributed by atoms with Gasteiger partial charge in [-0.05, 0) is 5.92 Å². The summed E-state index contributed by atoms with van der Waals surface area (Å²) in [5, 5.41) is 9.72. The summed E-state index contributed by atoms with van der Waals surface area (Å²) in [4.78, 5) is 0. The summed E-state index contributed by atoms with van der Waals surface area (Å²) in [6.45, 7) is 3.08. The van der Waals surface area contributed by atoms with Crippen LogP contribution < -0.4 is 5.14 Å². The minimum atomic E-state index is -4.77. The molecule has 0 spiro atoms. The van der Waals surface area contributed by atoms with E-state index in [-0.39, 0.29) is 12.5 Å². The highest BCUT2D eigenvalue weighted by molar-refractivity contribution is 7.89. The fourth-order valence-corrected chi connectivity index (χ4v) is 1.86. The second-order valence-electron chi connectivity index (χ2n) is 3.85. The maximum atomic E-state index is 12.5. The fourth-order valence-electron chi connectivity index (χ4n) is 1.24. The number of nitrogens with zero attached hydrogens (tertiary/aromatic N) is 3. The molecule has 6 nitrogen and oxygen atoms in total. The quantitative estimate of drug-likeness (QED) is 0.872. The summed E-state index contributed by atoms with van der Waals surface area (Å²) in [5.74, 6) is -1.58. The summed E-state index contributed by atoms with van der Waals surface area (Å²) in [7, 11) is -4.33. The molecule has 10 heteroatoms. The maximum absolute atomic E-state index is 12.5. The number of rotatable bonds is 3. The Kier molecular flexibility index (Phi) is 3.48. The SMILES string of the molecule is CC(C)Cn1c(C(F)(F)F)nnc1S(N)(=O)=O. The summed E-state index contributed by atoms with van der Waals surface area (Å²) in [6, 6.07) is 0. The Balaban J connectivity index is 3.41. The van der Waals surface area contributed by atoms with Gasteiger partial charge in [-0.15, -0.1) is 10.2 Å². The van der Waals surface area contributed by atoms with Crippen LogP contribution in [-0.4, -0.2) is 23.2 Å². The first-order chi connectivity index (χ1) is 7.53. The average molecular weight is 272 g/mol. The summed E-state index contributed by atoms with van der Waals surface area (Å²) >= 11 is 0. The van der Waals surface area contributed by atoms with E-state index in [1.165, 1.54) is 0 Å². The zero-order valence-electron chi connectivity index (χ0n) is 9.06. The van der Waals surface area contributed by atoms with Gasteiger partial charge in [-0.1, -0.05) is 13.8 Å². The molecule has 0 unspecified atom stereocenters. The number of hydrogen-bond donors (Lipinski definition) is 1. The lowest BCUT2D eigenvalue weighted by molar-refractivity contribution is -0.148. The van der Waals surface area contributed by atoms with Crippen LogP contribution in [0, 0.1) is 5.92 Å². The Labute approximate surface area is 95.7 Å². The van der Waals surface area contributed by atoms with Crippen molar-refractivity contribution in [1.82, 2.24) is 14.8 Å². The van der Waals surface area contributed by atoms with Gasteiger partial charge in [0, 0.05) is 6.54 Å². The molecule has 1 aromatic heterocycles. The first-order valence-corrected chi connectivity index (χ1v) is 6.11.